The first-order chi connectivity index (χ1) is 14.3. The van der Waals surface area contributed by atoms with Gasteiger partial charge in [-0.3, -0.25) is 0 Å². The molecule has 0 radical (unpaired) electrons. The highest BCUT2D eigenvalue weighted by molar-refractivity contribution is 5.90. The first-order valence-corrected chi connectivity index (χ1v) is 10.8. The number of carboxylic acid groups (broad SMARTS) is 1. The van der Waals surface area contributed by atoms with Gasteiger partial charge in [-0.25, -0.2) is 4.79 Å². The Kier molecular flexibility index (Phi) is 12.3. The minimum atomic E-state index is -0.968. The summed E-state index contributed by atoms with van der Waals surface area (Å²) in [6, 6.07) is 6.73. The van der Waals surface area contributed by atoms with Crippen molar-refractivity contribution in [2.75, 3.05) is 6.61 Å². The molecule has 0 atom stereocenters. The van der Waals surface area contributed by atoms with Crippen molar-refractivity contribution in [3.05, 3.63) is 76.4 Å². The number of hydrogen-bond donors (Lipinski definition) is 1. The van der Waals surface area contributed by atoms with E-state index in [0.717, 1.165) is 38.5 Å². The van der Waals surface area contributed by atoms with Crippen molar-refractivity contribution in [1.82, 2.24) is 0 Å². The number of hydrogen-bond acceptors (Lipinski definition) is 2. The summed E-state index contributed by atoms with van der Waals surface area (Å²) in [5, 5.41) is 9.18. The van der Waals surface area contributed by atoms with Crippen molar-refractivity contribution in [2.45, 2.75) is 73.1 Å². The first kappa shape index (κ1) is 25.5. The van der Waals surface area contributed by atoms with E-state index in [-0.39, 0.29) is 5.56 Å². The molecule has 1 aromatic carbocycles. The van der Waals surface area contributed by atoms with Crippen LogP contribution in [0, 0.1) is 0 Å². The van der Waals surface area contributed by atoms with E-state index in [1.807, 2.05) is 6.08 Å². The Morgan fingerprint density at radius 3 is 1.83 bits per heavy atom. The van der Waals surface area contributed by atoms with Gasteiger partial charge in [0.25, 0.3) is 0 Å². The summed E-state index contributed by atoms with van der Waals surface area (Å²) in [6.45, 7) is 11.2. The topological polar surface area (TPSA) is 46.5 Å². The van der Waals surface area contributed by atoms with Crippen LogP contribution in [-0.2, 0) is 0 Å². The van der Waals surface area contributed by atoms with Crippen molar-refractivity contribution < 1.29 is 14.6 Å². The molecule has 164 valence electrons. The molecular formula is C27H38O3. The van der Waals surface area contributed by atoms with Gasteiger partial charge >= 0.3 is 5.97 Å². The van der Waals surface area contributed by atoms with Gasteiger partial charge in [-0.05, 0) is 91.4 Å². The molecule has 1 N–H and O–H groups in total. The van der Waals surface area contributed by atoms with Crippen LogP contribution in [0.4, 0.5) is 0 Å². The molecule has 30 heavy (non-hydrogen) atoms. The van der Waals surface area contributed by atoms with Crippen LogP contribution in [0.3, 0.4) is 0 Å². The molecule has 0 aromatic heterocycles. The van der Waals surface area contributed by atoms with Crippen molar-refractivity contribution in [2.24, 2.45) is 0 Å². The molecule has 3 heteroatoms. The predicted octanol–water partition coefficient (Wildman–Crippen LogP) is 7.91. The number of allylic oxidation sites excluding steroid dienone is 7. The second-order valence-corrected chi connectivity index (χ2v) is 8.16. The summed E-state index contributed by atoms with van der Waals surface area (Å²) in [7, 11) is 0. The lowest BCUT2D eigenvalue weighted by Gasteiger charge is -2.07. The van der Waals surface area contributed by atoms with E-state index in [1.165, 1.54) is 22.3 Å². The standard InChI is InChI=1S/C27H38O3/c1-21(2)11-8-12-22(3)13-9-14-23(4)15-10-16-24(5)19-20-30-26-18-7-6-17-25(26)27(28)29/h6-7,11,13,15,17-19H,8-10,12,14,16,20H2,1-5H3,(H,28,29)/b22-13+,23-15+,24-19+. The minimum Gasteiger partial charge on any atom is -0.489 e. The second-order valence-electron chi connectivity index (χ2n) is 8.16. The van der Waals surface area contributed by atoms with Gasteiger partial charge in [-0.1, -0.05) is 52.7 Å². The SMILES string of the molecule is CC(C)=CCC/C(C)=C/CC/C(C)=C/CC/C(C)=C/COc1ccccc1C(=O)O. The molecular weight excluding hydrogens is 372 g/mol. The van der Waals surface area contributed by atoms with Gasteiger partial charge in [0.2, 0.25) is 0 Å². The van der Waals surface area contributed by atoms with E-state index in [1.54, 1.807) is 24.3 Å². The molecule has 0 bridgehead atoms. The Balaban J connectivity index is 2.33. The zero-order chi connectivity index (χ0) is 22.4. The molecule has 0 unspecified atom stereocenters. The maximum Gasteiger partial charge on any atom is 0.339 e. The average Bonchev–Trinajstić information content (AvgIpc) is 2.68. The summed E-state index contributed by atoms with van der Waals surface area (Å²) in [4.78, 5) is 11.2. The van der Waals surface area contributed by atoms with Crippen LogP contribution in [0.5, 0.6) is 5.75 Å². The monoisotopic (exact) mass is 410 g/mol. The molecule has 1 rings (SSSR count). The second kappa shape index (κ2) is 14.4. The van der Waals surface area contributed by atoms with Crippen LogP contribution in [0.15, 0.2) is 70.9 Å². The largest absolute Gasteiger partial charge is 0.489 e. The summed E-state index contributed by atoms with van der Waals surface area (Å²) in [5.74, 6) is -0.557. The third-order valence-electron chi connectivity index (χ3n) is 4.94. The van der Waals surface area contributed by atoms with E-state index in [0.29, 0.717) is 12.4 Å². The van der Waals surface area contributed by atoms with Gasteiger partial charge in [0, 0.05) is 0 Å². The number of benzene rings is 1. The first-order valence-electron chi connectivity index (χ1n) is 10.8. The smallest absolute Gasteiger partial charge is 0.339 e. The molecule has 0 fully saturated rings. The van der Waals surface area contributed by atoms with Gasteiger partial charge < -0.3 is 9.84 Å². The summed E-state index contributed by atoms with van der Waals surface area (Å²) in [5.41, 5.74) is 5.75. The van der Waals surface area contributed by atoms with Gasteiger partial charge in [0.15, 0.2) is 0 Å². The van der Waals surface area contributed by atoms with Crippen LogP contribution in [0.2, 0.25) is 0 Å². The van der Waals surface area contributed by atoms with Crippen molar-refractivity contribution in [3.8, 4) is 5.75 Å². The van der Waals surface area contributed by atoms with Gasteiger partial charge in [-0.15, -0.1) is 0 Å². The third-order valence-corrected chi connectivity index (χ3v) is 4.94. The lowest BCUT2D eigenvalue weighted by atomic mass is 10.0. The molecule has 3 nitrogen and oxygen atoms in total. The van der Waals surface area contributed by atoms with Gasteiger partial charge in [0.05, 0.1) is 0 Å². The number of ether oxygens (including phenoxy) is 1. The summed E-state index contributed by atoms with van der Waals surface area (Å²) >= 11 is 0. The number of carboxylic acids is 1. The molecule has 0 saturated carbocycles. The highest BCUT2D eigenvalue weighted by Gasteiger charge is 2.09. The van der Waals surface area contributed by atoms with Crippen molar-refractivity contribution in [3.63, 3.8) is 0 Å². The molecule has 0 heterocycles. The zero-order valence-electron chi connectivity index (χ0n) is 19.3. The van der Waals surface area contributed by atoms with Crippen LogP contribution < -0.4 is 4.74 Å². The van der Waals surface area contributed by atoms with Crippen LogP contribution in [0.1, 0.15) is 83.5 Å². The van der Waals surface area contributed by atoms with E-state index in [2.05, 4.69) is 52.8 Å². The normalized spacial score (nSPS) is 12.6. The molecule has 0 aliphatic carbocycles. The number of rotatable bonds is 13. The Labute approximate surface area is 182 Å². The fourth-order valence-corrected chi connectivity index (χ4v) is 3.03. The quantitative estimate of drug-likeness (QED) is 0.336. The molecule has 0 amide bonds. The molecule has 0 aliphatic heterocycles. The lowest BCUT2D eigenvalue weighted by molar-refractivity contribution is 0.0693. The fourth-order valence-electron chi connectivity index (χ4n) is 3.03. The predicted molar refractivity (Wildman–Crippen MR) is 127 cm³/mol. The van der Waals surface area contributed by atoms with Crippen LogP contribution in [0.25, 0.3) is 0 Å². The molecule has 0 spiro atoms. The van der Waals surface area contributed by atoms with Crippen LogP contribution in [-0.4, -0.2) is 17.7 Å². The Morgan fingerprint density at radius 2 is 1.30 bits per heavy atom. The summed E-state index contributed by atoms with van der Waals surface area (Å²) in [6.07, 6.45) is 15.5. The number of aromatic carboxylic acids is 1. The maximum atomic E-state index is 11.2. The number of carbonyl (C=O) groups is 1. The van der Waals surface area contributed by atoms with Crippen LogP contribution >= 0.6 is 0 Å². The van der Waals surface area contributed by atoms with Gasteiger partial charge in [0.1, 0.15) is 17.9 Å². The minimum absolute atomic E-state index is 0.198. The van der Waals surface area contributed by atoms with E-state index in [4.69, 9.17) is 4.74 Å². The summed E-state index contributed by atoms with van der Waals surface area (Å²) < 4.78 is 5.63. The Bertz CT molecular complexity index is 790. The Hall–Kier alpha value is -2.55. The van der Waals surface area contributed by atoms with Crippen molar-refractivity contribution in [1.29, 1.82) is 0 Å². The fraction of sp³-hybridized carbons (Fsp3) is 0.444. The molecule has 1 aromatic rings. The number of para-hydroxylation sites is 1. The van der Waals surface area contributed by atoms with Crippen molar-refractivity contribution >= 4 is 5.97 Å². The lowest BCUT2D eigenvalue weighted by Crippen LogP contribution is -2.03. The maximum absolute atomic E-state index is 11.2. The van der Waals surface area contributed by atoms with E-state index >= 15 is 0 Å². The molecule has 0 saturated heterocycles. The zero-order valence-corrected chi connectivity index (χ0v) is 19.3. The third kappa shape index (κ3) is 11.5. The average molecular weight is 411 g/mol. The highest BCUT2D eigenvalue weighted by atomic mass is 16.5. The van der Waals surface area contributed by atoms with E-state index in [9.17, 15) is 9.90 Å². The van der Waals surface area contributed by atoms with E-state index < -0.39 is 5.97 Å². The highest BCUT2D eigenvalue weighted by Crippen LogP contribution is 2.18. The Morgan fingerprint density at radius 1 is 0.800 bits per heavy atom. The molecule has 0 aliphatic rings. The van der Waals surface area contributed by atoms with Gasteiger partial charge in [-0.2, -0.15) is 0 Å².